The van der Waals surface area contributed by atoms with E-state index in [1.54, 1.807) is 29.1 Å². The SMILES string of the molecule is CCn1cc(NC(=O)c2ccc(OC)c(OC)c2)c(C(=O)NC)n1. The fourth-order valence-corrected chi connectivity index (χ4v) is 2.13. The Morgan fingerprint density at radius 3 is 2.46 bits per heavy atom. The van der Waals surface area contributed by atoms with Crippen molar-refractivity contribution in [2.45, 2.75) is 13.5 Å². The van der Waals surface area contributed by atoms with Gasteiger partial charge in [0.25, 0.3) is 11.8 Å². The van der Waals surface area contributed by atoms with Crippen molar-refractivity contribution in [2.24, 2.45) is 0 Å². The predicted molar refractivity (Wildman–Crippen MR) is 88.8 cm³/mol. The molecule has 0 atom stereocenters. The lowest BCUT2D eigenvalue weighted by atomic mass is 10.2. The number of aromatic nitrogens is 2. The molecule has 24 heavy (non-hydrogen) atoms. The van der Waals surface area contributed by atoms with Crippen LogP contribution in [0.25, 0.3) is 0 Å². The van der Waals surface area contributed by atoms with Crippen molar-refractivity contribution >= 4 is 17.5 Å². The summed E-state index contributed by atoms with van der Waals surface area (Å²) in [5.74, 6) is 0.224. The first-order valence-corrected chi connectivity index (χ1v) is 7.36. The highest BCUT2D eigenvalue weighted by atomic mass is 16.5. The first-order valence-electron chi connectivity index (χ1n) is 7.36. The fraction of sp³-hybridized carbons (Fsp3) is 0.312. The third-order valence-corrected chi connectivity index (χ3v) is 3.42. The Balaban J connectivity index is 2.29. The number of aryl methyl sites for hydroxylation is 1. The van der Waals surface area contributed by atoms with Crippen LogP contribution in [-0.4, -0.2) is 42.9 Å². The summed E-state index contributed by atoms with van der Waals surface area (Å²) in [5.41, 5.74) is 0.879. The number of carbonyl (C=O) groups is 2. The summed E-state index contributed by atoms with van der Waals surface area (Å²) in [4.78, 5) is 24.4. The molecule has 0 unspecified atom stereocenters. The molecule has 8 nitrogen and oxygen atoms in total. The molecule has 0 spiro atoms. The molecule has 0 saturated heterocycles. The normalized spacial score (nSPS) is 10.2. The van der Waals surface area contributed by atoms with Gasteiger partial charge in [-0.15, -0.1) is 0 Å². The molecule has 0 fully saturated rings. The molecule has 1 aromatic heterocycles. The smallest absolute Gasteiger partial charge is 0.273 e. The van der Waals surface area contributed by atoms with Crippen LogP contribution in [0.2, 0.25) is 0 Å². The first-order chi connectivity index (χ1) is 11.5. The lowest BCUT2D eigenvalue weighted by Crippen LogP contribution is -2.21. The van der Waals surface area contributed by atoms with Crippen LogP contribution in [0.4, 0.5) is 5.69 Å². The maximum absolute atomic E-state index is 12.5. The van der Waals surface area contributed by atoms with Gasteiger partial charge in [-0.1, -0.05) is 0 Å². The van der Waals surface area contributed by atoms with Crippen LogP contribution in [0.1, 0.15) is 27.8 Å². The van der Waals surface area contributed by atoms with Crippen molar-refractivity contribution in [3.8, 4) is 11.5 Å². The van der Waals surface area contributed by atoms with E-state index in [4.69, 9.17) is 9.47 Å². The topological polar surface area (TPSA) is 94.5 Å². The Morgan fingerprint density at radius 2 is 1.88 bits per heavy atom. The van der Waals surface area contributed by atoms with Crippen molar-refractivity contribution in [3.05, 3.63) is 35.7 Å². The van der Waals surface area contributed by atoms with Crippen molar-refractivity contribution in [1.29, 1.82) is 0 Å². The van der Waals surface area contributed by atoms with Gasteiger partial charge < -0.3 is 20.1 Å². The quantitative estimate of drug-likeness (QED) is 0.836. The molecule has 1 heterocycles. The van der Waals surface area contributed by atoms with Crippen LogP contribution in [0.3, 0.4) is 0 Å². The van der Waals surface area contributed by atoms with Crippen molar-refractivity contribution in [2.75, 3.05) is 26.6 Å². The largest absolute Gasteiger partial charge is 0.493 e. The average Bonchev–Trinajstić information content (AvgIpc) is 3.03. The van der Waals surface area contributed by atoms with E-state index in [1.165, 1.54) is 21.3 Å². The molecular formula is C16H20N4O4. The van der Waals surface area contributed by atoms with Gasteiger partial charge in [0.2, 0.25) is 0 Å². The third kappa shape index (κ3) is 3.48. The summed E-state index contributed by atoms with van der Waals surface area (Å²) in [6.07, 6.45) is 1.61. The van der Waals surface area contributed by atoms with Crippen LogP contribution in [0, 0.1) is 0 Å². The van der Waals surface area contributed by atoms with Gasteiger partial charge in [0.15, 0.2) is 17.2 Å². The summed E-state index contributed by atoms with van der Waals surface area (Å²) in [6.45, 7) is 2.47. The molecule has 0 saturated carbocycles. The molecule has 8 heteroatoms. The Bertz CT molecular complexity index is 755. The monoisotopic (exact) mass is 332 g/mol. The van der Waals surface area contributed by atoms with Gasteiger partial charge in [0, 0.05) is 25.4 Å². The summed E-state index contributed by atoms with van der Waals surface area (Å²) in [6, 6.07) is 4.82. The standard InChI is InChI=1S/C16H20N4O4/c1-5-20-9-11(14(19-20)16(22)17-2)18-15(21)10-6-7-12(23-3)13(8-10)24-4/h6-9H,5H2,1-4H3,(H,17,22)(H,18,21). The third-order valence-electron chi connectivity index (χ3n) is 3.42. The van der Waals surface area contributed by atoms with Gasteiger partial charge in [-0.3, -0.25) is 14.3 Å². The van der Waals surface area contributed by atoms with E-state index in [-0.39, 0.29) is 17.5 Å². The minimum Gasteiger partial charge on any atom is -0.493 e. The van der Waals surface area contributed by atoms with Crippen molar-refractivity contribution in [3.63, 3.8) is 0 Å². The minimum atomic E-state index is -0.378. The number of carbonyl (C=O) groups excluding carboxylic acids is 2. The number of nitrogens with one attached hydrogen (secondary N) is 2. The molecular weight excluding hydrogens is 312 g/mol. The maximum Gasteiger partial charge on any atom is 0.273 e. The molecule has 2 aromatic rings. The molecule has 2 amide bonds. The Morgan fingerprint density at radius 1 is 1.17 bits per heavy atom. The molecule has 0 aliphatic heterocycles. The van der Waals surface area contributed by atoms with Crippen LogP contribution >= 0.6 is 0 Å². The summed E-state index contributed by atoms with van der Waals surface area (Å²) in [5, 5.41) is 9.36. The van der Waals surface area contributed by atoms with E-state index in [9.17, 15) is 9.59 Å². The van der Waals surface area contributed by atoms with Gasteiger partial charge >= 0.3 is 0 Å². The van der Waals surface area contributed by atoms with E-state index >= 15 is 0 Å². The van der Waals surface area contributed by atoms with E-state index < -0.39 is 0 Å². The second kappa shape index (κ2) is 7.49. The number of ether oxygens (including phenoxy) is 2. The van der Waals surface area contributed by atoms with Crippen molar-refractivity contribution in [1.82, 2.24) is 15.1 Å². The van der Waals surface area contributed by atoms with E-state index in [2.05, 4.69) is 15.7 Å². The number of hydrogen-bond acceptors (Lipinski definition) is 5. The number of amides is 2. The summed E-state index contributed by atoms with van der Waals surface area (Å²) in [7, 11) is 4.52. The Hall–Kier alpha value is -3.03. The lowest BCUT2D eigenvalue weighted by Gasteiger charge is -2.09. The molecule has 0 radical (unpaired) electrons. The van der Waals surface area contributed by atoms with E-state index in [1.807, 2.05) is 6.92 Å². The highest BCUT2D eigenvalue weighted by Crippen LogP contribution is 2.28. The van der Waals surface area contributed by atoms with E-state index in [0.717, 1.165) is 0 Å². The Labute approximate surface area is 139 Å². The van der Waals surface area contributed by atoms with Gasteiger partial charge in [-0.25, -0.2) is 0 Å². The average molecular weight is 332 g/mol. The highest BCUT2D eigenvalue weighted by molar-refractivity contribution is 6.08. The number of hydrogen-bond donors (Lipinski definition) is 2. The van der Waals surface area contributed by atoms with E-state index in [0.29, 0.717) is 29.3 Å². The molecule has 0 bridgehead atoms. The van der Waals surface area contributed by atoms with Gasteiger partial charge in [-0.2, -0.15) is 5.10 Å². The van der Waals surface area contributed by atoms with Crippen molar-refractivity contribution < 1.29 is 19.1 Å². The summed E-state index contributed by atoms with van der Waals surface area (Å²) < 4.78 is 11.9. The molecule has 1 aromatic carbocycles. The number of anilines is 1. The maximum atomic E-state index is 12.5. The predicted octanol–water partition coefficient (Wildman–Crippen LogP) is 1.53. The lowest BCUT2D eigenvalue weighted by molar-refractivity contribution is 0.0958. The Kier molecular flexibility index (Phi) is 5.41. The number of rotatable bonds is 6. The van der Waals surface area contributed by atoms with Crippen LogP contribution in [0.15, 0.2) is 24.4 Å². The molecule has 0 aliphatic rings. The number of nitrogens with zero attached hydrogens (tertiary/aromatic N) is 2. The molecule has 2 N–H and O–H groups in total. The number of benzene rings is 1. The zero-order valence-electron chi connectivity index (χ0n) is 14.0. The van der Waals surface area contributed by atoms with Gasteiger partial charge in [0.05, 0.1) is 19.9 Å². The second-order valence-corrected chi connectivity index (χ2v) is 4.85. The number of methoxy groups -OCH3 is 2. The molecule has 0 aliphatic carbocycles. The zero-order valence-corrected chi connectivity index (χ0v) is 14.0. The fourth-order valence-electron chi connectivity index (χ4n) is 2.13. The minimum absolute atomic E-state index is 0.160. The van der Waals surface area contributed by atoms with Crippen LogP contribution < -0.4 is 20.1 Å². The zero-order chi connectivity index (χ0) is 17.7. The highest BCUT2D eigenvalue weighted by Gasteiger charge is 2.19. The van der Waals surface area contributed by atoms with Gasteiger partial charge in [0.1, 0.15) is 0 Å². The molecule has 128 valence electrons. The first kappa shape index (κ1) is 17.3. The summed E-state index contributed by atoms with van der Waals surface area (Å²) >= 11 is 0. The second-order valence-electron chi connectivity index (χ2n) is 4.85. The molecule has 2 rings (SSSR count). The van der Waals surface area contributed by atoms with Crippen LogP contribution in [-0.2, 0) is 6.54 Å². The van der Waals surface area contributed by atoms with Gasteiger partial charge in [-0.05, 0) is 25.1 Å². The van der Waals surface area contributed by atoms with Crippen LogP contribution in [0.5, 0.6) is 11.5 Å².